The SMILES string of the molecule is Cc1ccccc1CSc1nnc(-c2ccc(F)cc2)n1N. The summed E-state index contributed by atoms with van der Waals surface area (Å²) in [7, 11) is 0. The number of benzene rings is 2. The summed E-state index contributed by atoms with van der Waals surface area (Å²) in [5.74, 6) is 7.05. The topological polar surface area (TPSA) is 56.7 Å². The predicted molar refractivity (Wildman–Crippen MR) is 86.3 cm³/mol. The van der Waals surface area contributed by atoms with Gasteiger partial charge in [-0.15, -0.1) is 10.2 Å². The van der Waals surface area contributed by atoms with Crippen LogP contribution >= 0.6 is 11.8 Å². The van der Waals surface area contributed by atoms with Crippen LogP contribution in [0.2, 0.25) is 0 Å². The Labute approximate surface area is 132 Å². The third-order valence-electron chi connectivity index (χ3n) is 3.38. The molecule has 0 bridgehead atoms. The van der Waals surface area contributed by atoms with E-state index in [1.165, 1.54) is 39.7 Å². The molecular formula is C16H15FN4S. The molecule has 0 aliphatic carbocycles. The van der Waals surface area contributed by atoms with Crippen molar-refractivity contribution in [3.8, 4) is 11.4 Å². The van der Waals surface area contributed by atoms with E-state index >= 15 is 0 Å². The number of nitrogens with two attached hydrogens (primary N) is 1. The molecule has 0 amide bonds. The van der Waals surface area contributed by atoms with Gasteiger partial charge in [0.1, 0.15) is 5.82 Å². The Bertz CT molecular complexity index is 783. The Morgan fingerprint density at radius 1 is 1.09 bits per heavy atom. The standard InChI is InChI=1S/C16H15FN4S/c1-11-4-2-3-5-13(11)10-22-16-20-19-15(21(16)18)12-6-8-14(17)9-7-12/h2-9H,10,18H2,1H3. The molecule has 0 unspecified atom stereocenters. The van der Waals surface area contributed by atoms with Gasteiger partial charge in [0.2, 0.25) is 5.16 Å². The smallest absolute Gasteiger partial charge is 0.210 e. The molecule has 0 saturated carbocycles. The van der Waals surface area contributed by atoms with Gasteiger partial charge in [0.15, 0.2) is 5.82 Å². The van der Waals surface area contributed by atoms with Crippen LogP contribution in [0.4, 0.5) is 4.39 Å². The highest BCUT2D eigenvalue weighted by atomic mass is 32.2. The molecule has 0 spiro atoms. The lowest BCUT2D eigenvalue weighted by Gasteiger charge is -2.05. The number of halogens is 1. The molecule has 6 heteroatoms. The molecule has 3 rings (SSSR count). The minimum absolute atomic E-state index is 0.291. The van der Waals surface area contributed by atoms with Crippen molar-refractivity contribution in [1.82, 2.24) is 14.9 Å². The molecule has 2 N–H and O–H groups in total. The van der Waals surface area contributed by atoms with Crippen molar-refractivity contribution in [3.63, 3.8) is 0 Å². The first-order valence-corrected chi connectivity index (χ1v) is 7.77. The molecule has 22 heavy (non-hydrogen) atoms. The Hall–Kier alpha value is -2.34. The number of rotatable bonds is 4. The molecule has 112 valence electrons. The Balaban J connectivity index is 1.79. The van der Waals surface area contributed by atoms with Crippen LogP contribution in [-0.2, 0) is 5.75 Å². The molecule has 0 aliphatic rings. The average Bonchev–Trinajstić information content (AvgIpc) is 2.88. The van der Waals surface area contributed by atoms with Gasteiger partial charge in [-0.05, 0) is 42.3 Å². The summed E-state index contributed by atoms with van der Waals surface area (Å²) in [5, 5.41) is 8.84. The van der Waals surface area contributed by atoms with E-state index in [9.17, 15) is 4.39 Å². The third-order valence-corrected chi connectivity index (χ3v) is 4.38. The van der Waals surface area contributed by atoms with Gasteiger partial charge < -0.3 is 5.84 Å². The van der Waals surface area contributed by atoms with Gasteiger partial charge >= 0.3 is 0 Å². The Morgan fingerprint density at radius 2 is 1.82 bits per heavy atom. The first-order chi connectivity index (χ1) is 10.6. The van der Waals surface area contributed by atoms with Crippen molar-refractivity contribution < 1.29 is 4.39 Å². The third kappa shape index (κ3) is 2.96. The number of aromatic nitrogens is 3. The molecule has 2 aromatic carbocycles. The number of hydrogen-bond acceptors (Lipinski definition) is 4. The second-order valence-corrected chi connectivity index (χ2v) is 5.84. The first-order valence-electron chi connectivity index (χ1n) is 6.79. The summed E-state index contributed by atoms with van der Waals surface area (Å²) in [6.45, 7) is 2.08. The summed E-state index contributed by atoms with van der Waals surface area (Å²) in [6, 6.07) is 14.2. The van der Waals surface area contributed by atoms with E-state index in [4.69, 9.17) is 5.84 Å². The lowest BCUT2D eigenvalue weighted by atomic mass is 10.1. The van der Waals surface area contributed by atoms with Crippen LogP contribution in [0, 0.1) is 12.7 Å². The number of thioether (sulfide) groups is 1. The van der Waals surface area contributed by atoms with Gasteiger partial charge in [0.25, 0.3) is 0 Å². The molecule has 0 saturated heterocycles. The van der Waals surface area contributed by atoms with E-state index in [2.05, 4.69) is 29.3 Å². The minimum Gasteiger partial charge on any atom is -0.335 e. The van der Waals surface area contributed by atoms with E-state index in [1.807, 2.05) is 12.1 Å². The van der Waals surface area contributed by atoms with Crippen molar-refractivity contribution in [1.29, 1.82) is 0 Å². The predicted octanol–water partition coefficient (Wildman–Crippen LogP) is 3.40. The lowest BCUT2D eigenvalue weighted by Crippen LogP contribution is -2.11. The number of nitrogen functional groups attached to an aromatic ring is 1. The number of nitrogens with zero attached hydrogens (tertiary/aromatic N) is 3. The lowest BCUT2D eigenvalue weighted by molar-refractivity contribution is 0.628. The molecule has 0 aliphatic heterocycles. The van der Waals surface area contributed by atoms with E-state index < -0.39 is 0 Å². The molecule has 4 nitrogen and oxygen atoms in total. The quantitative estimate of drug-likeness (QED) is 0.592. The highest BCUT2D eigenvalue weighted by Crippen LogP contribution is 2.25. The zero-order chi connectivity index (χ0) is 15.5. The van der Waals surface area contributed by atoms with Crippen molar-refractivity contribution in [2.24, 2.45) is 0 Å². The summed E-state index contributed by atoms with van der Waals surface area (Å²) in [4.78, 5) is 0. The van der Waals surface area contributed by atoms with Crippen LogP contribution in [0.3, 0.4) is 0 Å². The van der Waals surface area contributed by atoms with Crippen LogP contribution in [0.1, 0.15) is 11.1 Å². The Morgan fingerprint density at radius 3 is 2.55 bits per heavy atom. The zero-order valence-electron chi connectivity index (χ0n) is 12.0. The van der Waals surface area contributed by atoms with Crippen molar-refractivity contribution >= 4 is 11.8 Å². The van der Waals surface area contributed by atoms with Gasteiger partial charge in [0.05, 0.1) is 0 Å². The molecule has 1 heterocycles. The molecular weight excluding hydrogens is 299 g/mol. The maximum Gasteiger partial charge on any atom is 0.210 e. The Kier molecular flexibility index (Phi) is 4.11. The fourth-order valence-electron chi connectivity index (χ4n) is 2.09. The summed E-state index contributed by atoms with van der Waals surface area (Å²) in [6.07, 6.45) is 0. The number of aryl methyl sites for hydroxylation is 1. The van der Waals surface area contributed by atoms with Crippen molar-refractivity contribution in [2.45, 2.75) is 17.8 Å². The van der Waals surface area contributed by atoms with Crippen LogP contribution < -0.4 is 5.84 Å². The van der Waals surface area contributed by atoms with Gasteiger partial charge in [-0.2, -0.15) is 0 Å². The second kappa shape index (κ2) is 6.19. The summed E-state index contributed by atoms with van der Waals surface area (Å²) < 4.78 is 14.4. The molecule has 1 aromatic heterocycles. The van der Waals surface area contributed by atoms with Gasteiger partial charge in [-0.3, -0.25) is 0 Å². The average molecular weight is 314 g/mol. The van der Waals surface area contributed by atoms with Crippen LogP contribution in [0.15, 0.2) is 53.7 Å². The highest BCUT2D eigenvalue weighted by Gasteiger charge is 2.12. The number of hydrogen-bond donors (Lipinski definition) is 1. The van der Waals surface area contributed by atoms with Crippen LogP contribution in [0.25, 0.3) is 11.4 Å². The maximum absolute atomic E-state index is 13.0. The van der Waals surface area contributed by atoms with Gasteiger partial charge in [-0.1, -0.05) is 36.0 Å². The van der Waals surface area contributed by atoms with Crippen molar-refractivity contribution in [3.05, 3.63) is 65.5 Å². The molecule has 0 fully saturated rings. The second-order valence-electron chi connectivity index (χ2n) is 4.90. The first kappa shape index (κ1) is 14.6. The molecule has 0 radical (unpaired) electrons. The van der Waals surface area contributed by atoms with Gasteiger partial charge in [0, 0.05) is 11.3 Å². The summed E-state index contributed by atoms with van der Waals surface area (Å²) in [5.41, 5.74) is 3.20. The molecule has 0 atom stereocenters. The van der Waals surface area contributed by atoms with Crippen molar-refractivity contribution in [2.75, 3.05) is 5.84 Å². The van der Waals surface area contributed by atoms with Crippen LogP contribution in [0.5, 0.6) is 0 Å². The highest BCUT2D eigenvalue weighted by molar-refractivity contribution is 7.98. The molecule has 3 aromatic rings. The van der Waals surface area contributed by atoms with E-state index in [0.717, 1.165) is 11.3 Å². The van der Waals surface area contributed by atoms with Gasteiger partial charge in [-0.25, -0.2) is 9.07 Å². The summed E-state index contributed by atoms with van der Waals surface area (Å²) >= 11 is 1.52. The maximum atomic E-state index is 13.0. The normalized spacial score (nSPS) is 10.8. The zero-order valence-corrected chi connectivity index (χ0v) is 12.8. The van der Waals surface area contributed by atoms with E-state index in [1.54, 1.807) is 12.1 Å². The fourth-order valence-corrected chi connectivity index (χ4v) is 3.02. The monoisotopic (exact) mass is 314 g/mol. The minimum atomic E-state index is -0.291. The van der Waals surface area contributed by atoms with E-state index in [0.29, 0.717) is 11.0 Å². The van der Waals surface area contributed by atoms with E-state index in [-0.39, 0.29) is 5.82 Å². The largest absolute Gasteiger partial charge is 0.335 e. The fraction of sp³-hybridized carbons (Fsp3) is 0.125. The van der Waals surface area contributed by atoms with Crippen LogP contribution in [-0.4, -0.2) is 14.9 Å².